The van der Waals surface area contributed by atoms with E-state index in [4.69, 9.17) is 9.47 Å². The Morgan fingerprint density at radius 2 is 2.12 bits per heavy atom. The molecule has 1 N–H and O–H groups in total. The van der Waals surface area contributed by atoms with E-state index in [-0.39, 0.29) is 11.8 Å². The number of anilines is 1. The number of pyridine rings is 1. The van der Waals surface area contributed by atoms with Gasteiger partial charge in [-0.25, -0.2) is 0 Å². The number of hydrogen-bond acceptors (Lipinski definition) is 5. The lowest BCUT2D eigenvalue weighted by Gasteiger charge is -2.20. The smallest absolute Gasteiger partial charge is 0.228 e. The van der Waals surface area contributed by atoms with Crippen molar-refractivity contribution in [2.45, 2.75) is 12.8 Å². The lowest BCUT2D eigenvalue weighted by Crippen LogP contribution is -2.28. The third-order valence-corrected chi connectivity index (χ3v) is 4.54. The van der Waals surface area contributed by atoms with Crippen molar-refractivity contribution in [1.29, 1.82) is 0 Å². The van der Waals surface area contributed by atoms with Crippen LogP contribution in [0.3, 0.4) is 0 Å². The lowest BCUT2D eigenvalue weighted by molar-refractivity contribution is -0.122. The van der Waals surface area contributed by atoms with Crippen molar-refractivity contribution in [1.82, 2.24) is 14.8 Å². The third kappa shape index (κ3) is 3.25. The SMILES string of the molecule is Cn1nc(NC(=O)C2CCOCC2)c2c(Oc3cccnc3)cccc21. The molecule has 0 radical (unpaired) electrons. The predicted octanol–water partition coefficient (Wildman–Crippen LogP) is 3.13. The molecule has 0 atom stereocenters. The average Bonchev–Trinajstić information content (AvgIpc) is 3.00. The fourth-order valence-electron chi connectivity index (χ4n) is 3.17. The van der Waals surface area contributed by atoms with Crippen molar-refractivity contribution in [3.05, 3.63) is 42.7 Å². The second kappa shape index (κ2) is 7.13. The number of carbonyl (C=O) groups is 1. The Hall–Kier alpha value is -2.93. The third-order valence-electron chi connectivity index (χ3n) is 4.54. The second-order valence-electron chi connectivity index (χ2n) is 6.29. The molecule has 0 unspecified atom stereocenters. The summed E-state index contributed by atoms with van der Waals surface area (Å²) < 4.78 is 13.1. The molecule has 1 aromatic carbocycles. The Labute approximate surface area is 150 Å². The normalized spacial score (nSPS) is 15.1. The summed E-state index contributed by atoms with van der Waals surface area (Å²) in [5, 5.41) is 8.24. The van der Waals surface area contributed by atoms with Gasteiger partial charge in [-0.2, -0.15) is 5.10 Å². The number of benzene rings is 1. The highest BCUT2D eigenvalue weighted by molar-refractivity contribution is 6.03. The molecule has 0 spiro atoms. The van der Waals surface area contributed by atoms with Gasteiger partial charge < -0.3 is 14.8 Å². The summed E-state index contributed by atoms with van der Waals surface area (Å²) in [5.41, 5.74) is 0.883. The van der Waals surface area contributed by atoms with Gasteiger partial charge in [0.1, 0.15) is 11.5 Å². The van der Waals surface area contributed by atoms with Crippen molar-refractivity contribution in [3.63, 3.8) is 0 Å². The van der Waals surface area contributed by atoms with Crippen LogP contribution in [0.2, 0.25) is 0 Å². The first kappa shape index (κ1) is 16.5. The fourth-order valence-corrected chi connectivity index (χ4v) is 3.17. The average molecular weight is 352 g/mol. The molecule has 26 heavy (non-hydrogen) atoms. The first-order valence-corrected chi connectivity index (χ1v) is 8.64. The highest BCUT2D eigenvalue weighted by atomic mass is 16.5. The van der Waals surface area contributed by atoms with E-state index in [1.807, 2.05) is 37.4 Å². The summed E-state index contributed by atoms with van der Waals surface area (Å²) in [7, 11) is 1.85. The summed E-state index contributed by atoms with van der Waals surface area (Å²) in [6.45, 7) is 1.24. The Bertz CT molecular complexity index is 917. The van der Waals surface area contributed by atoms with Crippen LogP contribution in [-0.4, -0.2) is 33.9 Å². The molecular weight excluding hydrogens is 332 g/mol. The largest absolute Gasteiger partial charge is 0.455 e. The summed E-state index contributed by atoms with van der Waals surface area (Å²) in [4.78, 5) is 16.7. The number of fused-ring (bicyclic) bond motifs is 1. The molecule has 0 saturated carbocycles. The summed E-state index contributed by atoms with van der Waals surface area (Å²) in [5.74, 6) is 1.70. The minimum absolute atomic E-state index is 0.0236. The molecule has 3 aromatic rings. The van der Waals surface area contributed by atoms with E-state index in [0.29, 0.717) is 30.5 Å². The van der Waals surface area contributed by atoms with E-state index >= 15 is 0 Å². The van der Waals surface area contributed by atoms with Gasteiger partial charge >= 0.3 is 0 Å². The number of rotatable bonds is 4. The van der Waals surface area contributed by atoms with E-state index < -0.39 is 0 Å². The monoisotopic (exact) mass is 352 g/mol. The van der Waals surface area contributed by atoms with Crippen LogP contribution in [0.5, 0.6) is 11.5 Å². The molecule has 7 nitrogen and oxygen atoms in total. The molecule has 7 heteroatoms. The van der Waals surface area contributed by atoms with E-state index in [2.05, 4.69) is 15.4 Å². The number of amides is 1. The van der Waals surface area contributed by atoms with Gasteiger partial charge in [0.25, 0.3) is 0 Å². The minimum atomic E-state index is -0.0489. The van der Waals surface area contributed by atoms with E-state index in [0.717, 1.165) is 23.7 Å². The number of nitrogens with one attached hydrogen (secondary N) is 1. The Morgan fingerprint density at radius 3 is 2.88 bits per heavy atom. The van der Waals surface area contributed by atoms with Gasteiger partial charge in [-0.15, -0.1) is 0 Å². The molecule has 2 aromatic heterocycles. The van der Waals surface area contributed by atoms with Crippen molar-refractivity contribution < 1.29 is 14.3 Å². The van der Waals surface area contributed by atoms with Gasteiger partial charge in [-0.1, -0.05) is 6.07 Å². The topological polar surface area (TPSA) is 78.3 Å². The molecule has 1 aliphatic heterocycles. The van der Waals surface area contributed by atoms with E-state index in [9.17, 15) is 4.79 Å². The minimum Gasteiger partial charge on any atom is -0.455 e. The number of aromatic nitrogens is 3. The predicted molar refractivity (Wildman–Crippen MR) is 97.2 cm³/mol. The molecule has 0 aliphatic carbocycles. The molecule has 1 saturated heterocycles. The molecule has 3 heterocycles. The zero-order valence-electron chi connectivity index (χ0n) is 14.5. The molecule has 4 rings (SSSR count). The van der Waals surface area contributed by atoms with Crippen molar-refractivity contribution in [3.8, 4) is 11.5 Å². The van der Waals surface area contributed by atoms with Crippen LogP contribution in [0.1, 0.15) is 12.8 Å². The zero-order valence-corrected chi connectivity index (χ0v) is 14.5. The van der Waals surface area contributed by atoms with Crippen LogP contribution in [-0.2, 0) is 16.6 Å². The molecular formula is C19H20N4O3. The maximum atomic E-state index is 12.6. The van der Waals surface area contributed by atoms with Gasteiger partial charge in [0.2, 0.25) is 5.91 Å². The molecule has 0 bridgehead atoms. The number of carbonyl (C=O) groups excluding carboxylic acids is 1. The summed E-state index contributed by atoms with van der Waals surface area (Å²) in [6, 6.07) is 9.36. The van der Waals surface area contributed by atoms with Crippen LogP contribution < -0.4 is 10.1 Å². The quantitative estimate of drug-likeness (QED) is 0.780. The van der Waals surface area contributed by atoms with E-state index in [1.165, 1.54) is 0 Å². The fraction of sp³-hybridized carbons (Fsp3) is 0.316. The standard InChI is InChI=1S/C19H20N4O3/c1-23-15-5-2-6-16(26-14-4-3-9-20-12-14)17(15)18(22-23)21-19(24)13-7-10-25-11-8-13/h2-6,9,12-13H,7-8,10-11H2,1H3,(H,21,22,24). The molecule has 134 valence electrons. The van der Waals surface area contributed by atoms with Gasteiger partial charge in [-0.05, 0) is 37.1 Å². The first-order chi connectivity index (χ1) is 12.7. The Balaban J connectivity index is 1.67. The maximum Gasteiger partial charge on any atom is 0.228 e. The highest BCUT2D eigenvalue weighted by Crippen LogP contribution is 2.35. The van der Waals surface area contributed by atoms with Crippen molar-refractivity contribution in [2.24, 2.45) is 13.0 Å². The van der Waals surface area contributed by atoms with Gasteiger partial charge in [0.15, 0.2) is 5.82 Å². The van der Waals surface area contributed by atoms with Gasteiger partial charge in [-0.3, -0.25) is 14.5 Å². The van der Waals surface area contributed by atoms with Crippen LogP contribution in [0.15, 0.2) is 42.7 Å². The summed E-state index contributed by atoms with van der Waals surface area (Å²) in [6.07, 6.45) is 4.80. The Kier molecular flexibility index (Phi) is 4.53. The van der Waals surface area contributed by atoms with Crippen LogP contribution in [0, 0.1) is 5.92 Å². The number of ether oxygens (including phenoxy) is 2. The van der Waals surface area contributed by atoms with E-state index in [1.54, 1.807) is 17.1 Å². The second-order valence-corrected chi connectivity index (χ2v) is 6.29. The lowest BCUT2D eigenvalue weighted by atomic mass is 9.99. The molecule has 1 aliphatic rings. The van der Waals surface area contributed by atoms with Crippen LogP contribution in [0.25, 0.3) is 10.9 Å². The maximum absolute atomic E-state index is 12.6. The Morgan fingerprint density at radius 1 is 1.27 bits per heavy atom. The van der Waals surface area contributed by atoms with Crippen LogP contribution >= 0.6 is 0 Å². The molecule has 1 fully saturated rings. The zero-order chi connectivity index (χ0) is 17.9. The molecule has 1 amide bonds. The van der Waals surface area contributed by atoms with Crippen molar-refractivity contribution in [2.75, 3.05) is 18.5 Å². The van der Waals surface area contributed by atoms with Gasteiger partial charge in [0.05, 0.1) is 17.1 Å². The number of aryl methyl sites for hydroxylation is 1. The first-order valence-electron chi connectivity index (χ1n) is 8.64. The highest BCUT2D eigenvalue weighted by Gasteiger charge is 2.24. The van der Waals surface area contributed by atoms with Crippen LogP contribution in [0.4, 0.5) is 5.82 Å². The number of hydrogen-bond donors (Lipinski definition) is 1. The number of nitrogens with zero attached hydrogens (tertiary/aromatic N) is 3. The van der Waals surface area contributed by atoms with Gasteiger partial charge in [0, 0.05) is 32.4 Å². The van der Waals surface area contributed by atoms with Crippen molar-refractivity contribution >= 4 is 22.6 Å². The summed E-state index contributed by atoms with van der Waals surface area (Å²) >= 11 is 0.